The highest BCUT2D eigenvalue weighted by Gasteiger charge is 2.24. The summed E-state index contributed by atoms with van der Waals surface area (Å²) in [6.45, 7) is 9.56. The summed E-state index contributed by atoms with van der Waals surface area (Å²) < 4.78 is 12.8. The Kier molecular flexibility index (Phi) is 5.88. The van der Waals surface area contributed by atoms with Crippen LogP contribution in [0.4, 0.5) is 5.69 Å². The molecule has 27 heavy (non-hydrogen) atoms. The molecule has 1 aliphatic heterocycles. The summed E-state index contributed by atoms with van der Waals surface area (Å²) in [7, 11) is 0.570. The monoisotopic (exact) mass is 391 g/mol. The topological polar surface area (TPSA) is 76.8 Å². The van der Waals surface area contributed by atoms with Crippen molar-refractivity contribution in [2.75, 3.05) is 31.7 Å². The molecule has 7 nitrogen and oxygen atoms in total. The van der Waals surface area contributed by atoms with E-state index < -0.39 is 14.0 Å². The van der Waals surface area contributed by atoms with Gasteiger partial charge in [0.15, 0.2) is 5.69 Å². The van der Waals surface area contributed by atoms with Gasteiger partial charge in [0.25, 0.3) is 0 Å². The van der Waals surface area contributed by atoms with Crippen molar-refractivity contribution < 1.29 is 19.4 Å². The van der Waals surface area contributed by atoms with Crippen LogP contribution in [0, 0.1) is 0 Å². The minimum Gasteiger partial charge on any atom is -0.476 e. The van der Waals surface area contributed by atoms with E-state index in [1.165, 1.54) is 0 Å². The molecule has 1 fully saturated rings. The molecule has 0 saturated carbocycles. The average molecular weight is 392 g/mol. The van der Waals surface area contributed by atoms with E-state index in [9.17, 15) is 9.90 Å². The second-order valence-corrected chi connectivity index (χ2v) is 13.9. The number of carboxylic acids is 1. The Labute approximate surface area is 160 Å². The molecule has 1 unspecified atom stereocenters. The highest BCUT2D eigenvalue weighted by Crippen LogP contribution is 2.28. The zero-order chi connectivity index (χ0) is 19.6. The largest absolute Gasteiger partial charge is 0.476 e. The molecular formula is C19H29N3O4Si. The smallest absolute Gasteiger partial charge is 0.357 e. The lowest BCUT2D eigenvalue weighted by molar-refractivity contribution is 0.0676. The fourth-order valence-electron chi connectivity index (χ4n) is 3.30. The first-order chi connectivity index (χ1) is 12.8. The number of anilines is 1. The van der Waals surface area contributed by atoms with Crippen LogP contribution in [0.5, 0.6) is 0 Å². The second-order valence-electron chi connectivity index (χ2n) is 8.30. The third kappa shape index (κ3) is 4.69. The highest BCUT2D eigenvalue weighted by atomic mass is 28.3. The first kappa shape index (κ1) is 19.8. The fourth-order valence-corrected chi connectivity index (χ4v) is 4.06. The van der Waals surface area contributed by atoms with Crippen molar-refractivity contribution in [3.05, 3.63) is 23.9 Å². The summed E-state index contributed by atoms with van der Waals surface area (Å²) in [4.78, 5) is 13.9. The number of carbonyl (C=O) groups is 1. The number of hydrogen-bond donors (Lipinski definition) is 1. The number of benzene rings is 1. The van der Waals surface area contributed by atoms with Crippen molar-refractivity contribution in [2.24, 2.45) is 0 Å². The van der Waals surface area contributed by atoms with Crippen LogP contribution in [0.2, 0.25) is 25.7 Å². The number of rotatable bonds is 8. The molecule has 0 spiro atoms. The number of aromatic nitrogens is 2. The summed E-state index contributed by atoms with van der Waals surface area (Å²) in [5.41, 5.74) is 1.86. The zero-order valence-corrected chi connectivity index (χ0v) is 17.6. The minimum absolute atomic E-state index is 0.0723. The van der Waals surface area contributed by atoms with E-state index in [0.717, 1.165) is 36.8 Å². The van der Waals surface area contributed by atoms with Gasteiger partial charge in [-0.2, -0.15) is 5.10 Å². The van der Waals surface area contributed by atoms with E-state index in [4.69, 9.17) is 9.47 Å². The van der Waals surface area contributed by atoms with Crippen LogP contribution in [0.25, 0.3) is 10.9 Å². The van der Waals surface area contributed by atoms with Crippen molar-refractivity contribution in [3.63, 3.8) is 0 Å². The lowest BCUT2D eigenvalue weighted by Gasteiger charge is -2.18. The summed E-state index contributed by atoms with van der Waals surface area (Å²) in [6.07, 6.45) is 1.20. The number of fused-ring (bicyclic) bond motifs is 1. The number of hydrogen-bond acceptors (Lipinski definition) is 5. The maximum absolute atomic E-state index is 11.7. The molecule has 1 aliphatic rings. The molecule has 3 rings (SSSR count). The van der Waals surface area contributed by atoms with Crippen molar-refractivity contribution in [3.8, 4) is 0 Å². The van der Waals surface area contributed by atoms with Crippen LogP contribution in [-0.4, -0.2) is 61.8 Å². The number of nitrogens with zero attached hydrogens (tertiary/aromatic N) is 3. The maximum atomic E-state index is 11.7. The van der Waals surface area contributed by atoms with E-state index in [-0.39, 0.29) is 18.5 Å². The molecule has 1 aromatic carbocycles. The third-order valence-electron chi connectivity index (χ3n) is 4.99. The Morgan fingerprint density at radius 1 is 1.37 bits per heavy atom. The number of aromatic carboxylic acids is 1. The van der Waals surface area contributed by atoms with Gasteiger partial charge >= 0.3 is 5.97 Å². The Morgan fingerprint density at radius 2 is 2.15 bits per heavy atom. The van der Waals surface area contributed by atoms with Crippen molar-refractivity contribution in [1.82, 2.24) is 9.78 Å². The molecule has 0 aliphatic carbocycles. The number of methoxy groups -OCH3 is 1. The van der Waals surface area contributed by atoms with Crippen molar-refractivity contribution >= 4 is 30.6 Å². The van der Waals surface area contributed by atoms with Gasteiger partial charge in [-0.25, -0.2) is 9.48 Å². The summed E-state index contributed by atoms with van der Waals surface area (Å²) in [5.74, 6) is -1.02. The highest BCUT2D eigenvalue weighted by molar-refractivity contribution is 6.76. The van der Waals surface area contributed by atoms with Gasteiger partial charge in [-0.15, -0.1) is 0 Å². The molecule has 0 amide bonds. The van der Waals surface area contributed by atoms with Gasteiger partial charge in [0.05, 0.1) is 11.6 Å². The summed E-state index contributed by atoms with van der Waals surface area (Å²) >= 11 is 0. The van der Waals surface area contributed by atoms with Gasteiger partial charge in [-0.3, -0.25) is 0 Å². The molecular weight excluding hydrogens is 362 g/mol. The predicted octanol–water partition coefficient (Wildman–Crippen LogP) is 3.27. The second kappa shape index (κ2) is 8.00. The van der Waals surface area contributed by atoms with Crippen LogP contribution in [-0.2, 0) is 16.2 Å². The lowest BCUT2D eigenvalue weighted by atomic mass is 10.1. The molecule has 1 N–H and O–H groups in total. The predicted molar refractivity (Wildman–Crippen MR) is 108 cm³/mol. The Balaban J connectivity index is 1.81. The standard InChI is InChI=1S/C19H29N3O4Si/c1-25-15-7-8-21(12-15)14-5-6-17-16(11-14)18(19(23)24)20-22(17)13-26-9-10-27(2,3)4/h5-6,11,15H,7-10,12-13H2,1-4H3,(H,23,24). The third-order valence-corrected chi connectivity index (χ3v) is 6.69. The quantitative estimate of drug-likeness (QED) is 0.550. The van der Waals surface area contributed by atoms with Crippen LogP contribution in [0.3, 0.4) is 0 Å². The SMILES string of the molecule is COC1CCN(c2ccc3c(c2)c(C(=O)O)nn3COCC[Si](C)(C)C)C1. The van der Waals surface area contributed by atoms with Gasteiger partial charge in [-0.1, -0.05) is 19.6 Å². The van der Waals surface area contributed by atoms with E-state index >= 15 is 0 Å². The van der Waals surface area contributed by atoms with Gasteiger partial charge < -0.3 is 19.5 Å². The van der Waals surface area contributed by atoms with Crippen molar-refractivity contribution in [2.45, 2.75) is 44.9 Å². The maximum Gasteiger partial charge on any atom is 0.357 e. The van der Waals surface area contributed by atoms with Crippen LogP contribution in [0.1, 0.15) is 16.9 Å². The molecule has 8 heteroatoms. The van der Waals surface area contributed by atoms with Gasteiger partial charge in [-0.05, 0) is 30.7 Å². The Bertz CT molecular complexity index is 815. The van der Waals surface area contributed by atoms with E-state index in [2.05, 4.69) is 29.6 Å². The molecule has 1 saturated heterocycles. The summed E-state index contributed by atoms with van der Waals surface area (Å²) in [5, 5.41) is 14.5. The van der Waals surface area contributed by atoms with Gasteiger partial charge in [0.2, 0.25) is 0 Å². The van der Waals surface area contributed by atoms with Gasteiger partial charge in [0.1, 0.15) is 6.73 Å². The van der Waals surface area contributed by atoms with Crippen LogP contribution >= 0.6 is 0 Å². The first-order valence-electron chi connectivity index (χ1n) is 9.38. The molecule has 0 bridgehead atoms. The zero-order valence-electron chi connectivity index (χ0n) is 16.6. The lowest BCUT2D eigenvalue weighted by Crippen LogP contribution is -2.22. The van der Waals surface area contributed by atoms with Crippen molar-refractivity contribution in [1.29, 1.82) is 0 Å². The molecule has 1 aromatic heterocycles. The van der Waals surface area contributed by atoms with Crippen LogP contribution < -0.4 is 4.90 Å². The number of carboxylic acid groups (broad SMARTS) is 1. The Hall–Kier alpha value is -1.90. The van der Waals surface area contributed by atoms with E-state index in [1.807, 2.05) is 18.2 Å². The molecule has 0 radical (unpaired) electrons. The molecule has 1 atom stereocenters. The normalized spacial score (nSPS) is 17.8. The van der Waals surface area contributed by atoms with E-state index in [0.29, 0.717) is 12.0 Å². The molecule has 148 valence electrons. The number of ether oxygens (including phenoxy) is 2. The van der Waals surface area contributed by atoms with Crippen LogP contribution in [0.15, 0.2) is 18.2 Å². The van der Waals surface area contributed by atoms with E-state index in [1.54, 1.807) is 11.8 Å². The fraction of sp³-hybridized carbons (Fsp3) is 0.579. The Morgan fingerprint density at radius 3 is 2.78 bits per heavy atom. The first-order valence-corrected chi connectivity index (χ1v) is 13.1. The minimum atomic E-state index is -1.16. The summed E-state index contributed by atoms with van der Waals surface area (Å²) in [6, 6.07) is 6.94. The molecule has 2 heterocycles. The van der Waals surface area contributed by atoms with Gasteiger partial charge in [0, 0.05) is 46.0 Å². The molecule has 2 aromatic rings. The average Bonchev–Trinajstić information content (AvgIpc) is 3.22.